The van der Waals surface area contributed by atoms with E-state index in [0.29, 0.717) is 6.54 Å². The van der Waals surface area contributed by atoms with Crippen LogP contribution in [0.2, 0.25) is 0 Å². The number of ether oxygens (including phenoxy) is 1. The van der Waals surface area contributed by atoms with Gasteiger partial charge in [0.05, 0.1) is 12.7 Å². The van der Waals surface area contributed by atoms with Gasteiger partial charge in [-0.05, 0) is 42.8 Å². The third-order valence-electron chi connectivity index (χ3n) is 2.77. The van der Waals surface area contributed by atoms with Crippen LogP contribution >= 0.6 is 0 Å². The number of nitrogens with one attached hydrogen (secondary N) is 1. The summed E-state index contributed by atoms with van der Waals surface area (Å²) in [5, 5.41) is 12.8. The van der Waals surface area contributed by atoms with Crippen molar-refractivity contribution in [3.05, 3.63) is 28.8 Å². The summed E-state index contributed by atoms with van der Waals surface area (Å²) in [5.74, 6) is 1.01. The quantitative estimate of drug-likeness (QED) is 0.782. The Balaban J connectivity index is 2.30. The molecule has 1 aromatic rings. The van der Waals surface area contributed by atoms with Gasteiger partial charge >= 0.3 is 0 Å². The Hall–Kier alpha value is -1.06. The van der Waals surface area contributed by atoms with Gasteiger partial charge in [0.2, 0.25) is 0 Å². The van der Waals surface area contributed by atoms with Crippen molar-refractivity contribution >= 4 is 0 Å². The van der Waals surface area contributed by atoms with Gasteiger partial charge in [0.15, 0.2) is 0 Å². The first kappa shape index (κ1) is 10.5. The first-order valence-electron chi connectivity index (χ1n) is 5.31. The normalized spacial score (nSPS) is 15.9. The molecule has 82 valence electrons. The average molecular weight is 207 g/mol. The predicted octanol–water partition coefficient (Wildman–Crippen LogP) is 1.18. The van der Waals surface area contributed by atoms with E-state index in [0.717, 1.165) is 29.9 Å². The van der Waals surface area contributed by atoms with Crippen LogP contribution in [0.5, 0.6) is 5.75 Å². The largest absolute Gasteiger partial charge is 0.493 e. The molecule has 0 radical (unpaired) electrons. The van der Waals surface area contributed by atoms with E-state index in [1.54, 1.807) is 0 Å². The van der Waals surface area contributed by atoms with Gasteiger partial charge in [0.1, 0.15) is 5.75 Å². The second kappa shape index (κ2) is 4.21. The highest BCUT2D eigenvalue weighted by Gasteiger charge is 2.17. The maximum absolute atomic E-state index is 9.87. The molecule has 2 N–H and O–H groups in total. The molecular formula is C12H17NO2. The first-order valence-corrected chi connectivity index (χ1v) is 5.31. The van der Waals surface area contributed by atoms with Crippen molar-refractivity contribution in [1.82, 2.24) is 5.32 Å². The fourth-order valence-electron chi connectivity index (χ4n) is 2.04. The zero-order chi connectivity index (χ0) is 10.8. The van der Waals surface area contributed by atoms with Crippen LogP contribution in [0.1, 0.15) is 22.8 Å². The number of benzene rings is 1. The van der Waals surface area contributed by atoms with Crippen molar-refractivity contribution < 1.29 is 9.84 Å². The highest BCUT2D eigenvalue weighted by Crippen LogP contribution is 2.32. The third-order valence-corrected chi connectivity index (χ3v) is 2.77. The Morgan fingerprint density at radius 3 is 3.07 bits per heavy atom. The summed E-state index contributed by atoms with van der Waals surface area (Å²) in [6, 6.07) is 4.06. The van der Waals surface area contributed by atoms with Crippen LogP contribution < -0.4 is 10.1 Å². The molecule has 0 saturated carbocycles. The minimum Gasteiger partial charge on any atom is -0.493 e. The number of hydrogen-bond acceptors (Lipinski definition) is 3. The van der Waals surface area contributed by atoms with Crippen molar-refractivity contribution in [3.8, 4) is 5.75 Å². The lowest BCUT2D eigenvalue weighted by molar-refractivity contribution is 0.177. The van der Waals surface area contributed by atoms with Crippen LogP contribution in [0.15, 0.2) is 12.1 Å². The molecule has 1 aliphatic rings. The van der Waals surface area contributed by atoms with E-state index >= 15 is 0 Å². The van der Waals surface area contributed by atoms with E-state index in [9.17, 15) is 5.11 Å². The molecule has 1 aliphatic heterocycles. The molecule has 3 nitrogen and oxygen atoms in total. The van der Waals surface area contributed by atoms with Crippen molar-refractivity contribution in [3.63, 3.8) is 0 Å². The van der Waals surface area contributed by atoms with Crippen molar-refractivity contribution in [2.24, 2.45) is 0 Å². The highest BCUT2D eigenvalue weighted by atomic mass is 16.5. The lowest BCUT2D eigenvalue weighted by Gasteiger charge is -2.13. The fraction of sp³-hybridized carbons (Fsp3) is 0.500. The number of aryl methyl sites for hydroxylation is 1. The van der Waals surface area contributed by atoms with Gasteiger partial charge in [0.25, 0.3) is 0 Å². The SMILES string of the molecule is CNCC(O)c1cc(C)c2c(c1)CCO2. The second-order valence-corrected chi connectivity index (χ2v) is 4.00. The van der Waals surface area contributed by atoms with E-state index in [-0.39, 0.29) is 0 Å². The van der Waals surface area contributed by atoms with Gasteiger partial charge in [-0.3, -0.25) is 0 Å². The zero-order valence-corrected chi connectivity index (χ0v) is 9.21. The van der Waals surface area contributed by atoms with E-state index in [1.165, 1.54) is 5.56 Å². The maximum Gasteiger partial charge on any atom is 0.125 e. The molecule has 1 atom stereocenters. The van der Waals surface area contributed by atoms with Gasteiger partial charge in [-0.15, -0.1) is 0 Å². The molecular weight excluding hydrogens is 190 g/mol. The van der Waals surface area contributed by atoms with Crippen molar-refractivity contribution in [2.45, 2.75) is 19.4 Å². The molecule has 15 heavy (non-hydrogen) atoms. The molecule has 1 heterocycles. The van der Waals surface area contributed by atoms with Gasteiger partial charge < -0.3 is 15.2 Å². The Morgan fingerprint density at radius 1 is 1.53 bits per heavy atom. The van der Waals surface area contributed by atoms with E-state index in [1.807, 2.05) is 20.0 Å². The second-order valence-electron chi connectivity index (χ2n) is 4.00. The lowest BCUT2D eigenvalue weighted by Crippen LogP contribution is -2.16. The summed E-state index contributed by atoms with van der Waals surface area (Å²) in [6.45, 7) is 3.38. The molecule has 0 fully saturated rings. The van der Waals surface area contributed by atoms with Crippen LogP contribution in [0.4, 0.5) is 0 Å². The van der Waals surface area contributed by atoms with E-state index in [2.05, 4.69) is 11.4 Å². The minimum absolute atomic E-state index is 0.431. The molecule has 0 aromatic heterocycles. The molecule has 0 spiro atoms. The summed E-state index contributed by atoms with van der Waals surface area (Å²) in [5.41, 5.74) is 3.32. The summed E-state index contributed by atoms with van der Waals surface area (Å²) in [7, 11) is 1.84. The average Bonchev–Trinajstić information content (AvgIpc) is 2.66. The Kier molecular flexibility index (Phi) is 2.93. The summed E-state index contributed by atoms with van der Waals surface area (Å²) in [6.07, 6.45) is 0.524. The van der Waals surface area contributed by atoms with Gasteiger partial charge in [-0.25, -0.2) is 0 Å². The van der Waals surface area contributed by atoms with Gasteiger partial charge in [-0.2, -0.15) is 0 Å². The summed E-state index contributed by atoms with van der Waals surface area (Å²) >= 11 is 0. The zero-order valence-electron chi connectivity index (χ0n) is 9.21. The predicted molar refractivity (Wildman–Crippen MR) is 59.3 cm³/mol. The number of rotatable bonds is 3. The maximum atomic E-state index is 9.87. The van der Waals surface area contributed by atoms with E-state index < -0.39 is 6.10 Å². The molecule has 0 aliphatic carbocycles. The van der Waals surface area contributed by atoms with Gasteiger partial charge in [0, 0.05) is 13.0 Å². The molecule has 1 unspecified atom stereocenters. The Labute approximate surface area is 90.1 Å². The number of fused-ring (bicyclic) bond motifs is 1. The van der Waals surface area contributed by atoms with Crippen LogP contribution in [0, 0.1) is 6.92 Å². The van der Waals surface area contributed by atoms with Gasteiger partial charge in [-0.1, -0.05) is 0 Å². The highest BCUT2D eigenvalue weighted by molar-refractivity contribution is 5.46. The summed E-state index contributed by atoms with van der Waals surface area (Å²) in [4.78, 5) is 0. The molecule has 3 heteroatoms. The standard InChI is InChI=1S/C12H17NO2/c1-8-5-10(11(14)7-13-2)6-9-3-4-15-12(8)9/h5-6,11,13-14H,3-4,7H2,1-2H3. The molecule has 2 rings (SSSR count). The van der Waals surface area contributed by atoms with E-state index in [4.69, 9.17) is 4.74 Å². The smallest absolute Gasteiger partial charge is 0.125 e. The van der Waals surface area contributed by atoms with Crippen LogP contribution in [-0.2, 0) is 6.42 Å². The lowest BCUT2D eigenvalue weighted by atomic mass is 10.0. The monoisotopic (exact) mass is 207 g/mol. The molecule has 0 bridgehead atoms. The molecule has 0 saturated heterocycles. The molecule has 0 amide bonds. The number of aliphatic hydroxyl groups excluding tert-OH is 1. The van der Waals surface area contributed by atoms with Crippen LogP contribution in [0.3, 0.4) is 0 Å². The number of hydrogen-bond donors (Lipinski definition) is 2. The Morgan fingerprint density at radius 2 is 2.33 bits per heavy atom. The van der Waals surface area contributed by atoms with Crippen molar-refractivity contribution in [1.29, 1.82) is 0 Å². The minimum atomic E-state index is -0.431. The van der Waals surface area contributed by atoms with Crippen LogP contribution in [0.25, 0.3) is 0 Å². The first-order chi connectivity index (χ1) is 7.22. The summed E-state index contributed by atoms with van der Waals surface area (Å²) < 4.78 is 5.53. The third kappa shape index (κ3) is 1.98. The number of likely N-dealkylation sites (N-methyl/N-ethyl adjacent to an activating group) is 1. The van der Waals surface area contributed by atoms with Crippen molar-refractivity contribution in [2.75, 3.05) is 20.2 Å². The fourth-order valence-corrected chi connectivity index (χ4v) is 2.04. The van der Waals surface area contributed by atoms with Crippen LogP contribution in [-0.4, -0.2) is 25.3 Å². The topological polar surface area (TPSA) is 41.5 Å². The number of aliphatic hydroxyl groups is 1. The molecule has 1 aromatic carbocycles. The Bertz CT molecular complexity index is 363.